The van der Waals surface area contributed by atoms with Crippen LogP contribution >= 0.6 is 0 Å². The molecule has 0 amide bonds. The van der Waals surface area contributed by atoms with Crippen molar-refractivity contribution in [1.29, 1.82) is 0 Å². The van der Waals surface area contributed by atoms with E-state index in [1.54, 1.807) is 7.11 Å². The molecule has 1 heterocycles. The van der Waals surface area contributed by atoms with Gasteiger partial charge in [-0.3, -0.25) is 4.79 Å². The molecule has 4 heteroatoms. The lowest BCUT2D eigenvalue weighted by atomic mass is 9.78. The van der Waals surface area contributed by atoms with Crippen molar-refractivity contribution in [3.8, 4) is 5.75 Å². The minimum atomic E-state index is -0.182. The standard InChI is InChI=1S/C28H28N2O2/c1-3-18-12-14-19(15-13-18)28-27-24(29-22-9-5-6-10-23(22)30-28)16-20(17-25(27)31)21-8-4-7-11-26(21)32-2/h4-15,20,28-30H,3,16-17H2,1-2H3. The number of aryl methyl sites for hydroxylation is 1. The molecule has 162 valence electrons. The molecule has 0 bridgehead atoms. The second kappa shape index (κ2) is 8.54. The zero-order valence-corrected chi connectivity index (χ0v) is 18.5. The van der Waals surface area contributed by atoms with Crippen LogP contribution in [-0.2, 0) is 11.2 Å². The zero-order chi connectivity index (χ0) is 22.1. The highest BCUT2D eigenvalue weighted by Gasteiger charge is 2.36. The number of benzene rings is 3. The lowest BCUT2D eigenvalue weighted by Crippen LogP contribution is -2.27. The summed E-state index contributed by atoms with van der Waals surface area (Å²) in [5.74, 6) is 1.10. The van der Waals surface area contributed by atoms with Gasteiger partial charge in [0.05, 0.1) is 24.5 Å². The second-order valence-electron chi connectivity index (χ2n) is 8.51. The highest BCUT2D eigenvalue weighted by Crippen LogP contribution is 2.45. The van der Waals surface area contributed by atoms with E-state index in [0.717, 1.165) is 52.4 Å². The van der Waals surface area contributed by atoms with Gasteiger partial charge in [-0.25, -0.2) is 0 Å². The molecule has 2 atom stereocenters. The van der Waals surface area contributed by atoms with Crippen molar-refractivity contribution in [3.63, 3.8) is 0 Å². The number of ether oxygens (including phenoxy) is 1. The van der Waals surface area contributed by atoms with Crippen LogP contribution in [0.5, 0.6) is 5.75 Å². The Morgan fingerprint density at radius 1 is 0.906 bits per heavy atom. The quantitative estimate of drug-likeness (QED) is 0.521. The number of Topliss-reactive ketones (excluding diaryl/α,β-unsaturated/α-hetero) is 1. The van der Waals surface area contributed by atoms with E-state index in [0.29, 0.717) is 6.42 Å². The lowest BCUT2D eigenvalue weighted by Gasteiger charge is -2.30. The molecule has 0 spiro atoms. The van der Waals surface area contributed by atoms with Crippen molar-refractivity contribution < 1.29 is 9.53 Å². The Labute approximate surface area is 189 Å². The van der Waals surface area contributed by atoms with E-state index in [4.69, 9.17) is 4.74 Å². The largest absolute Gasteiger partial charge is 0.496 e. The SMILES string of the molecule is CCc1ccc(C2Nc3ccccc3NC3=C2C(=O)CC(c2ccccc2OC)C3)cc1. The molecule has 2 unspecified atom stereocenters. The van der Waals surface area contributed by atoms with Crippen molar-refractivity contribution >= 4 is 17.2 Å². The van der Waals surface area contributed by atoms with Crippen molar-refractivity contribution in [3.05, 3.63) is 101 Å². The maximum atomic E-state index is 13.6. The summed E-state index contributed by atoms with van der Waals surface area (Å²) in [5.41, 5.74) is 7.34. The predicted molar refractivity (Wildman–Crippen MR) is 129 cm³/mol. The highest BCUT2D eigenvalue weighted by atomic mass is 16.5. The van der Waals surface area contributed by atoms with Gasteiger partial charge in [-0.1, -0.05) is 61.5 Å². The molecule has 4 nitrogen and oxygen atoms in total. The third-order valence-corrected chi connectivity index (χ3v) is 6.61. The van der Waals surface area contributed by atoms with Gasteiger partial charge in [0.1, 0.15) is 5.75 Å². The number of para-hydroxylation sites is 3. The predicted octanol–water partition coefficient (Wildman–Crippen LogP) is 6.24. The maximum Gasteiger partial charge on any atom is 0.163 e. The van der Waals surface area contributed by atoms with Gasteiger partial charge in [0.15, 0.2) is 5.78 Å². The van der Waals surface area contributed by atoms with E-state index in [1.165, 1.54) is 5.56 Å². The second-order valence-corrected chi connectivity index (χ2v) is 8.51. The first-order valence-corrected chi connectivity index (χ1v) is 11.3. The molecule has 0 fully saturated rings. The number of carbonyl (C=O) groups is 1. The van der Waals surface area contributed by atoms with Gasteiger partial charge in [0, 0.05) is 23.6 Å². The molecule has 3 aromatic rings. The van der Waals surface area contributed by atoms with E-state index in [1.807, 2.05) is 30.3 Å². The number of methoxy groups -OCH3 is 1. The van der Waals surface area contributed by atoms with Gasteiger partial charge in [0.2, 0.25) is 0 Å². The summed E-state index contributed by atoms with van der Waals surface area (Å²) in [6.45, 7) is 2.16. The Kier molecular flexibility index (Phi) is 5.44. The highest BCUT2D eigenvalue weighted by molar-refractivity contribution is 6.01. The Morgan fingerprint density at radius 3 is 2.38 bits per heavy atom. The van der Waals surface area contributed by atoms with E-state index >= 15 is 0 Å². The Morgan fingerprint density at radius 2 is 1.62 bits per heavy atom. The minimum Gasteiger partial charge on any atom is -0.496 e. The number of allylic oxidation sites excluding steroid dienone is 1. The molecule has 1 aliphatic heterocycles. The normalized spacial score (nSPS) is 19.9. The Bertz CT molecular complexity index is 1180. The summed E-state index contributed by atoms with van der Waals surface area (Å²) in [7, 11) is 1.69. The number of hydrogen-bond donors (Lipinski definition) is 2. The van der Waals surface area contributed by atoms with Gasteiger partial charge in [0.25, 0.3) is 0 Å². The molecule has 2 N–H and O–H groups in total. The summed E-state index contributed by atoms with van der Waals surface area (Å²) < 4.78 is 5.60. The van der Waals surface area contributed by atoms with Crippen molar-refractivity contribution in [2.75, 3.05) is 17.7 Å². The summed E-state index contributed by atoms with van der Waals surface area (Å²) in [5, 5.41) is 7.26. The van der Waals surface area contributed by atoms with Gasteiger partial charge in [-0.15, -0.1) is 0 Å². The number of rotatable bonds is 4. The number of anilines is 2. The Balaban J connectivity index is 1.60. The van der Waals surface area contributed by atoms with Crippen LogP contribution in [0.4, 0.5) is 11.4 Å². The summed E-state index contributed by atoms with van der Waals surface area (Å²) in [6, 6.07) is 24.6. The average molecular weight is 425 g/mol. The van der Waals surface area contributed by atoms with E-state index in [2.05, 4.69) is 60.0 Å². The smallest absolute Gasteiger partial charge is 0.163 e. The third-order valence-electron chi connectivity index (χ3n) is 6.61. The van der Waals surface area contributed by atoms with E-state index in [-0.39, 0.29) is 17.7 Å². The van der Waals surface area contributed by atoms with Gasteiger partial charge in [-0.2, -0.15) is 0 Å². The molecule has 0 aromatic heterocycles. The first-order chi connectivity index (χ1) is 15.7. The van der Waals surface area contributed by atoms with Gasteiger partial charge in [-0.05, 0) is 47.7 Å². The molecule has 3 aromatic carbocycles. The van der Waals surface area contributed by atoms with Gasteiger partial charge >= 0.3 is 0 Å². The number of fused-ring (bicyclic) bond motifs is 1. The Hall–Kier alpha value is -3.53. The van der Waals surface area contributed by atoms with Crippen molar-refractivity contribution in [2.24, 2.45) is 0 Å². The molecule has 32 heavy (non-hydrogen) atoms. The van der Waals surface area contributed by atoms with Crippen LogP contribution in [0.25, 0.3) is 0 Å². The van der Waals surface area contributed by atoms with Crippen LogP contribution in [-0.4, -0.2) is 12.9 Å². The number of nitrogens with one attached hydrogen (secondary N) is 2. The molecule has 0 radical (unpaired) electrons. The monoisotopic (exact) mass is 424 g/mol. The fourth-order valence-corrected chi connectivity index (χ4v) is 4.91. The van der Waals surface area contributed by atoms with Crippen LogP contribution < -0.4 is 15.4 Å². The topological polar surface area (TPSA) is 50.4 Å². The maximum absolute atomic E-state index is 13.6. The summed E-state index contributed by atoms with van der Waals surface area (Å²) in [6.07, 6.45) is 2.24. The van der Waals surface area contributed by atoms with Crippen LogP contribution in [0, 0.1) is 0 Å². The fraction of sp³-hybridized carbons (Fsp3) is 0.250. The number of ketones is 1. The third kappa shape index (κ3) is 3.66. The molecular weight excluding hydrogens is 396 g/mol. The van der Waals surface area contributed by atoms with E-state index < -0.39 is 0 Å². The number of carbonyl (C=O) groups excluding carboxylic acids is 1. The first kappa shape index (κ1) is 20.4. The van der Waals surface area contributed by atoms with Gasteiger partial charge < -0.3 is 15.4 Å². The molecule has 2 aliphatic rings. The molecule has 0 saturated heterocycles. The molecule has 0 saturated carbocycles. The number of hydrogen-bond acceptors (Lipinski definition) is 4. The van der Waals surface area contributed by atoms with Crippen LogP contribution in [0.1, 0.15) is 48.4 Å². The summed E-state index contributed by atoms with van der Waals surface area (Å²) in [4.78, 5) is 13.6. The molecule has 5 rings (SSSR count). The summed E-state index contributed by atoms with van der Waals surface area (Å²) >= 11 is 0. The fourth-order valence-electron chi connectivity index (χ4n) is 4.91. The van der Waals surface area contributed by atoms with Crippen molar-refractivity contribution in [2.45, 2.75) is 38.1 Å². The minimum absolute atomic E-state index is 0.0817. The average Bonchev–Trinajstić information content (AvgIpc) is 3.01. The van der Waals surface area contributed by atoms with E-state index in [9.17, 15) is 4.79 Å². The molecule has 1 aliphatic carbocycles. The first-order valence-electron chi connectivity index (χ1n) is 11.3. The van der Waals surface area contributed by atoms with Crippen molar-refractivity contribution in [1.82, 2.24) is 0 Å². The van der Waals surface area contributed by atoms with Crippen LogP contribution in [0.15, 0.2) is 84.1 Å². The zero-order valence-electron chi connectivity index (χ0n) is 18.5. The van der Waals surface area contributed by atoms with Crippen LogP contribution in [0.3, 0.4) is 0 Å². The van der Waals surface area contributed by atoms with Crippen LogP contribution in [0.2, 0.25) is 0 Å². The lowest BCUT2D eigenvalue weighted by molar-refractivity contribution is -0.116. The molecular formula is C28H28N2O2.